The average molecular weight is 298 g/mol. The van der Waals surface area contributed by atoms with Crippen LogP contribution in [-0.2, 0) is 9.53 Å². The zero-order chi connectivity index (χ0) is 12.3. The number of carbonyl (C=O) groups excluding carboxylic acids is 1. The van der Waals surface area contributed by atoms with E-state index in [-0.39, 0.29) is 12.0 Å². The molecule has 3 nitrogen and oxygen atoms in total. The fourth-order valence-corrected chi connectivity index (χ4v) is 2.46. The summed E-state index contributed by atoms with van der Waals surface area (Å²) in [5, 5.41) is 0. The second kappa shape index (κ2) is 5.54. The number of ether oxygens (including phenoxy) is 1. The van der Waals surface area contributed by atoms with Crippen molar-refractivity contribution in [3.8, 4) is 0 Å². The van der Waals surface area contributed by atoms with Gasteiger partial charge in [-0.2, -0.15) is 0 Å². The molecule has 1 aliphatic heterocycles. The number of hydrogen-bond acceptors (Lipinski definition) is 3. The molecule has 0 amide bonds. The van der Waals surface area contributed by atoms with Crippen molar-refractivity contribution in [3.63, 3.8) is 0 Å². The third-order valence-corrected chi connectivity index (χ3v) is 3.50. The van der Waals surface area contributed by atoms with E-state index in [0.717, 1.165) is 29.5 Å². The van der Waals surface area contributed by atoms with Crippen LogP contribution in [0.1, 0.15) is 19.8 Å². The minimum Gasteiger partial charge on any atom is -0.464 e. The largest absolute Gasteiger partial charge is 0.464 e. The van der Waals surface area contributed by atoms with Crippen LogP contribution in [0.2, 0.25) is 0 Å². The van der Waals surface area contributed by atoms with Gasteiger partial charge >= 0.3 is 5.97 Å². The highest BCUT2D eigenvalue weighted by Crippen LogP contribution is 2.27. The van der Waals surface area contributed by atoms with E-state index in [0.29, 0.717) is 6.61 Å². The second-order valence-electron chi connectivity index (χ2n) is 4.08. The molecule has 1 aromatic carbocycles. The predicted molar refractivity (Wildman–Crippen MR) is 71.1 cm³/mol. The van der Waals surface area contributed by atoms with Gasteiger partial charge in [-0.3, -0.25) is 0 Å². The zero-order valence-corrected chi connectivity index (χ0v) is 11.4. The minimum atomic E-state index is -0.115. The molecule has 4 heteroatoms. The molecule has 2 rings (SSSR count). The summed E-state index contributed by atoms with van der Waals surface area (Å²) in [4.78, 5) is 14.0. The summed E-state index contributed by atoms with van der Waals surface area (Å²) in [6.07, 6.45) is 1.93. The summed E-state index contributed by atoms with van der Waals surface area (Å²) in [7, 11) is 0. The number of anilines is 1. The van der Waals surface area contributed by atoms with Gasteiger partial charge in [-0.05, 0) is 44.0 Å². The van der Waals surface area contributed by atoms with Crippen molar-refractivity contribution in [3.05, 3.63) is 28.7 Å². The summed E-state index contributed by atoms with van der Waals surface area (Å²) in [5.41, 5.74) is 1.09. The molecule has 0 N–H and O–H groups in total. The molecule has 0 aromatic heterocycles. The van der Waals surface area contributed by atoms with Gasteiger partial charge in [0.15, 0.2) is 0 Å². The summed E-state index contributed by atoms with van der Waals surface area (Å²) in [6, 6.07) is 7.94. The molecular weight excluding hydrogens is 282 g/mol. The molecule has 1 aliphatic rings. The molecule has 1 heterocycles. The summed E-state index contributed by atoms with van der Waals surface area (Å²) >= 11 is 3.41. The monoisotopic (exact) mass is 297 g/mol. The van der Waals surface area contributed by atoms with E-state index in [4.69, 9.17) is 4.74 Å². The van der Waals surface area contributed by atoms with Crippen LogP contribution in [0, 0.1) is 0 Å². The summed E-state index contributed by atoms with van der Waals surface area (Å²) < 4.78 is 6.16. The molecule has 0 aliphatic carbocycles. The van der Waals surface area contributed by atoms with Gasteiger partial charge in [0.1, 0.15) is 6.04 Å². The van der Waals surface area contributed by atoms with E-state index in [1.807, 2.05) is 31.2 Å². The highest BCUT2D eigenvalue weighted by molar-refractivity contribution is 9.10. The van der Waals surface area contributed by atoms with Crippen LogP contribution in [0.15, 0.2) is 28.7 Å². The second-order valence-corrected chi connectivity index (χ2v) is 5.00. The number of benzene rings is 1. The number of rotatable bonds is 3. The molecule has 1 atom stereocenters. The molecular formula is C13H16BrNO2. The SMILES string of the molecule is CCOC(=O)C1CCCN1c1ccc(Br)cc1. The van der Waals surface area contributed by atoms with Gasteiger partial charge in [0, 0.05) is 16.7 Å². The molecule has 0 radical (unpaired) electrons. The molecule has 0 saturated carbocycles. The van der Waals surface area contributed by atoms with Crippen molar-refractivity contribution in [2.75, 3.05) is 18.1 Å². The van der Waals surface area contributed by atoms with Gasteiger partial charge in [-0.15, -0.1) is 0 Å². The van der Waals surface area contributed by atoms with Gasteiger partial charge < -0.3 is 9.64 Å². The maximum absolute atomic E-state index is 11.8. The number of carbonyl (C=O) groups is 1. The Labute approximate surface area is 110 Å². The molecule has 1 saturated heterocycles. The van der Waals surface area contributed by atoms with Crippen molar-refractivity contribution in [2.45, 2.75) is 25.8 Å². The Hall–Kier alpha value is -1.03. The Bertz CT molecular complexity index is 391. The third kappa shape index (κ3) is 2.80. The molecule has 1 unspecified atom stereocenters. The first-order valence-corrected chi connectivity index (χ1v) is 6.70. The van der Waals surface area contributed by atoms with Crippen LogP contribution in [0.25, 0.3) is 0 Å². The summed E-state index contributed by atoms with van der Waals surface area (Å²) in [5.74, 6) is -0.104. The van der Waals surface area contributed by atoms with Gasteiger partial charge in [0.2, 0.25) is 0 Å². The zero-order valence-electron chi connectivity index (χ0n) is 9.86. The topological polar surface area (TPSA) is 29.5 Å². The van der Waals surface area contributed by atoms with Crippen molar-refractivity contribution >= 4 is 27.6 Å². The van der Waals surface area contributed by atoms with Gasteiger partial charge in [-0.25, -0.2) is 4.79 Å². The minimum absolute atomic E-state index is 0.104. The Kier molecular flexibility index (Phi) is 4.05. The van der Waals surface area contributed by atoms with Crippen molar-refractivity contribution in [2.24, 2.45) is 0 Å². The van der Waals surface area contributed by atoms with Crippen LogP contribution >= 0.6 is 15.9 Å². The lowest BCUT2D eigenvalue weighted by Crippen LogP contribution is -2.37. The maximum Gasteiger partial charge on any atom is 0.328 e. The fraction of sp³-hybridized carbons (Fsp3) is 0.462. The van der Waals surface area contributed by atoms with E-state index in [1.54, 1.807) is 0 Å². The van der Waals surface area contributed by atoms with Crippen LogP contribution in [-0.4, -0.2) is 25.2 Å². The first-order chi connectivity index (χ1) is 8.22. The number of halogens is 1. The molecule has 1 aromatic rings. The lowest BCUT2D eigenvalue weighted by atomic mass is 10.2. The van der Waals surface area contributed by atoms with Gasteiger partial charge in [0.25, 0.3) is 0 Å². The Morgan fingerprint density at radius 1 is 1.47 bits per heavy atom. The van der Waals surface area contributed by atoms with Gasteiger partial charge in [0.05, 0.1) is 6.61 Å². The van der Waals surface area contributed by atoms with Crippen LogP contribution in [0.4, 0.5) is 5.69 Å². The van der Waals surface area contributed by atoms with Gasteiger partial charge in [-0.1, -0.05) is 15.9 Å². The fourth-order valence-electron chi connectivity index (χ4n) is 2.19. The lowest BCUT2D eigenvalue weighted by molar-refractivity contribution is -0.144. The molecule has 1 fully saturated rings. The van der Waals surface area contributed by atoms with E-state index < -0.39 is 0 Å². The standard InChI is InChI=1S/C13H16BrNO2/c1-2-17-13(16)12-4-3-9-15(12)11-7-5-10(14)6-8-11/h5-8,12H,2-4,9H2,1H3. The number of hydrogen-bond donors (Lipinski definition) is 0. The molecule has 92 valence electrons. The first kappa shape index (κ1) is 12.4. The Morgan fingerprint density at radius 3 is 2.82 bits per heavy atom. The van der Waals surface area contributed by atoms with E-state index in [2.05, 4.69) is 20.8 Å². The van der Waals surface area contributed by atoms with E-state index >= 15 is 0 Å². The van der Waals surface area contributed by atoms with Crippen LogP contribution in [0.3, 0.4) is 0 Å². The third-order valence-electron chi connectivity index (χ3n) is 2.97. The quantitative estimate of drug-likeness (QED) is 0.804. The highest BCUT2D eigenvalue weighted by Gasteiger charge is 2.31. The lowest BCUT2D eigenvalue weighted by Gasteiger charge is -2.25. The van der Waals surface area contributed by atoms with E-state index in [9.17, 15) is 4.79 Å². The smallest absolute Gasteiger partial charge is 0.328 e. The van der Waals surface area contributed by atoms with E-state index in [1.165, 1.54) is 0 Å². The highest BCUT2D eigenvalue weighted by atomic mass is 79.9. The Balaban J connectivity index is 2.14. The normalized spacial score (nSPS) is 19.4. The predicted octanol–water partition coefficient (Wildman–Crippen LogP) is 2.98. The molecule has 0 bridgehead atoms. The Morgan fingerprint density at radius 2 is 2.18 bits per heavy atom. The first-order valence-electron chi connectivity index (χ1n) is 5.91. The summed E-state index contributed by atoms with van der Waals surface area (Å²) in [6.45, 7) is 3.21. The van der Waals surface area contributed by atoms with Crippen LogP contribution in [0.5, 0.6) is 0 Å². The number of esters is 1. The van der Waals surface area contributed by atoms with Crippen molar-refractivity contribution < 1.29 is 9.53 Å². The molecule has 0 spiro atoms. The van der Waals surface area contributed by atoms with Crippen molar-refractivity contribution in [1.29, 1.82) is 0 Å². The molecule has 17 heavy (non-hydrogen) atoms. The van der Waals surface area contributed by atoms with Crippen LogP contribution < -0.4 is 4.90 Å². The van der Waals surface area contributed by atoms with Crippen molar-refractivity contribution in [1.82, 2.24) is 0 Å². The maximum atomic E-state index is 11.8. The average Bonchev–Trinajstić information content (AvgIpc) is 2.79. The number of nitrogens with zero attached hydrogens (tertiary/aromatic N) is 1.